The summed E-state index contributed by atoms with van der Waals surface area (Å²) in [5.74, 6) is -6.12. The molecule has 0 aliphatic carbocycles. The molecule has 0 spiro atoms. The van der Waals surface area contributed by atoms with Crippen LogP contribution in [0.15, 0.2) is 41.7 Å². The lowest BCUT2D eigenvalue weighted by atomic mass is 9.79. The molecular weight excluding hydrogens is 519 g/mol. The van der Waals surface area contributed by atoms with E-state index in [0.717, 1.165) is 6.07 Å². The standard InChI is InChI=1S/C15H5F17O/c16-9(12(21,22)23,13(24,25)26)7(10(17,14(27,28)29)15(30,31)32)8(11(18,19)20)33-6-4-2-1-3-5-6/h1-5H. The first-order valence-corrected chi connectivity index (χ1v) is 7.53. The number of allylic oxidation sites excluding steroid dienone is 2. The first-order chi connectivity index (χ1) is 14.3. The van der Waals surface area contributed by atoms with E-state index in [1.165, 1.54) is 0 Å². The summed E-state index contributed by atoms with van der Waals surface area (Å²) in [7, 11) is 0. The molecule has 0 radical (unpaired) electrons. The van der Waals surface area contributed by atoms with E-state index in [9.17, 15) is 74.6 Å². The molecule has 0 saturated carbocycles. The fourth-order valence-electron chi connectivity index (χ4n) is 2.30. The normalized spacial score (nSPS) is 14.8. The van der Waals surface area contributed by atoms with Crippen LogP contribution >= 0.6 is 0 Å². The molecule has 0 aliphatic rings. The number of alkyl halides is 17. The van der Waals surface area contributed by atoms with Gasteiger partial charge in [-0.05, 0) is 12.1 Å². The third-order valence-electron chi connectivity index (χ3n) is 3.70. The molecule has 0 aliphatic heterocycles. The van der Waals surface area contributed by atoms with Crippen molar-refractivity contribution in [2.45, 2.75) is 42.2 Å². The van der Waals surface area contributed by atoms with E-state index in [-0.39, 0.29) is 12.1 Å². The summed E-state index contributed by atoms with van der Waals surface area (Å²) in [4.78, 5) is 0. The van der Waals surface area contributed by atoms with Gasteiger partial charge in [0.25, 0.3) is 0 Å². The lowest BCUT2D eigenvalue weighted by molar-refractivity contribution is -0.365. The second-order valence-corrected chi connectivity index (χ2v) is 5.92. The summed E-state index contributed by atoms with van der Waals surface area (Å²) in [6, 6.07) is 2.57. The first-order valence-electron chi connectivity index (χ1n) is 7.53. The summed E-state index contributed by atoms with van der Waals surface area (Å²) >= 11 is 0. The van der Waals surface area contributed by atoms with E-state index in [1.54, 1.807) is 0 Å². The molecule has 0 atom stereocenters. The van der Waals surface area contributed by atoms with Gasteiger partial charge in [0.2, 0.25) is 5.76 Å². The van der Waals surface area contributed by atoms with Crippen LogP contribution in [0.2, 0.25) is 0 Å². The van der Waals surface area contributed by atoms with Crippen LogP contribution in [-0.4, -0.2) is 42.2 Å². The van der Waals surface area contributed by atoms with E-state index in [1.807, 2.05) is 0 Å². The number of benzene rings is 1. The maximum atomic E-state index is 14.4. The zero-order chi connectivity index (χ0) is 26.5. The van der Waals surface area contributed by atoms with Crippen molar-refractivity contribution < 1.29 is 79.4 Å². The summed E-state index contributed by atoms with van der Waals surface area (Å²) < 4.78 is 228. The number of halogens is 17. The van der Waals surface area contributed by atoms with E-state index < -0.39 is 59.3 Å². The second-order valence-electron chi connectivity index (χ2n) is 5.92. The minimum absolute atomic E-state index is 0.214. The Morgan fingerprint density at radius 3 is 1.03 bits per heavy atom. The van der Waals surface area contributed by atoms with Crippen molar-refractivity contribution in [2.75, 3.05) is 0 Å². The van der Waals surface area contributed by atoms with Gasteiger partial charge in [-0.2, -0.15) is 65.9 Å². The fourth-order valence-corrected chi connectivity index (χ4v) is 2.30. The summed E-state index contributed by atoms with van der Waals surface area (Å²) in [5.41, 5.74) is -21.9. The van der Waals surface area contributed by atoms with Gasteiger partial charge in [-0.25, -0.2) is 8.78 Å². The molecule has 0 bridgehead atoms. The van der Waals surface area contributed by atoms with Crippen molar-refractivity contribution in [1.82, 2.24) is 0 Å². The lowest BCUT2D eigenvalue weighted by Gasteiger charge is -2.41. The Labute approximate surface area is 170 Å². The highest BCUT2D eigenvalue weighted by molar-refractivity contribution is 5.42. The Kier molecular flexibility index (Phi) is 7.03. The van der Waals surface area contributed by atoms with E-state index in [2.05, 4.69) is 4.74 Å². The third-order valence-corrected chi connectivity index (χ3v) is 3.70. The molecule has 0 fully saturated rings. The van der Waals surface area contributed by atoms with Gasteiger partial charge in [-0.1, -0.05) is 18.2 Å². The first kappa shape index (κ1) is 28.6. The van der Waals surface area contributed by atoms with Crippen molar-refractivity contribution in [1.29, 1.82) is 0 Å². The highest BCUT2D eigenvalue weighted by Crippen LogP contribution is 2.62. The Morgan fingerprint density at radius 2 is 0.788 bits per heavy atom. The van der Waals surface area contributed by atoms with Crippen molar-refractivity contribution >= 4 is 0 Å². The SMILES string of the molecule is FC(F)(F)C(Oc1ccccc1)=C(C(F)(C(F)(F)F)C(F)(F)F)C(F)(C(F)(F)F)C(F)(F)F. The topological polar surface area (TPSA) is 9.23 Å². The van der Waals surface area contributed by atoms with E-state index in [4.69, 9.17) is 0 Å². The van der Waals surface area contributed by atoms with Crippen LogP contribution in [0.4, 0.5) is 74.6 Å². The maximum absolute atomic E-state index is 14.4. The summed E-state index contributed by atoms with van der Waals surface area (Å²) in [6.45, 7) is 0. The predicted molar refractivity (Wildman–Crippen MR) is 72.0 cm³/mol. The fraction of sp³-hybridized carbons (Fsp3) is 0.467. The molecule has 1 aromatic rings. The Morgan fingerprint density at radius 1 is 0.485 bits per heavy atom. The molecule has 18 heteroatoms. The van der Waals surface area contributed by atoms with Crippen LogP contribution in [0, 0.1) is 0 Å². The molecule has 0 N–H and O–H groups in total. The molecule has 0 amide bonds. The van der Waals surface area contributed by atoms with Crippen molar-refractivity contribution in [2.24, 2.45) is 0 Å². The smallest absolute Gasteiger partial charge is 0.449 e. The average Bonchev–Trinajstić information content (AvgIpc) is 2.56. The second kappa shape index (κ2) is 8.11. The molecular formula is C15H5F17O. The van der Waals surface area contributed by atoms with Gasteiger partial charge >= 0.3 is 42.2 Å². The largest absolute Gasteiger partial charge is 0.452 e. The van der Waals surface area contributed by atoms with Crippen molar-refractivity contribution in [3.8, 4) is 5.75 Å². The number of rotatable bonds is 4. The minimum atomic E-state index is -8.18. The summed E-state index contributed by atoms with van der Waals surface area (Å²) in [6.07, 6.45) is -39.2. The van der Waals surface area contributed by atoms with Crippen LogP contribution in [0.1, 0.15) is 0 Å². The molecule has 190 valence electrons. The molecule has 0 saturated heterocycles. The van der Waals surface area contributed by atoms with Gasteiger partial charge in [0.1, 0.15) is 5.75 Å². The minimum Gasteiger partial charge on any atom is -0.452 e. The molecule has 1 nitrogen and oxygen atoms in total. The zero-order valence-electron chi connectivity index (χ0n) is 14.7. The molecule has 1 rings (SSSR count). The number of para-hydroxylation sites is 1. The third kappa shape index (κ3) is 4.92. The predicted octanol–water partition coefficient (Wildman–Crippen LogP) is 7.55. The number of ether oxygens (including phenoxy) is 1. The highest BCUT2D eigenvalue weighted by atomic mass is 19.4. The van der Waals surface area contributed by atoms with Crippen molar-refractivity contribution in [3.63, 3.8) is 0 Å². The summed E-state index contributed by atoms with van der Waals surface area (Å²) in [5, 5.41) is 0. The highest BCUT2D eigenvalue weighted by Gasteiger charge is 2.88. The monoisotopic (exact) mass is 524 g/mol. The molecule has 0 heterocycles. The van der Waals surface area contributed by atoms with Crippen LogP contribution in [0.25, 0.3) is 0 Å². The molecule has 0 aromatic heterocycles. The maximum Gasteiger partial charge on any atom is 0.449 e. The van der Waals surface area contributed by atoms with E-state index in [0.29, 0.717) is 12.1 Å². The van der Waals surface area contributed by atoms with Crippen molar-refractivity contribution in [3.05, 3.63) is 41.7 Å². The van der Waals surface area contributed by atoms with Crippen LogP contribution in [0.3, 0.4) is 0 Å². The molecule has 1 aromatic carbocycles. The Bertz CT molecular complexity index is 782. The lowest BCUT2D eigenvalue weighted by Crippen LogP contribution is -2.67. The Hall–Kier alpha value is -2.43. The van der Waals surface area contributed by atoms with Gasteiger partial charge in [0.15, 0.2) is 0 Å². The zero-order valence-corrected chi connectivity index (χ0v) is 14.7. The van der Waals surface area contributed by atoms with E-state index >= 15 is 0 Å². The quantitative estimate of drug-likeness (QED) is 0.292. The average molecular weight is 524 g/mol. The number of hydrogen-bond donors (Lipinski definition) is 0. The van der Waals surface area contributed by atoms with Gasteiger partial charge in [0, 0.05) is 0 Å². The van der Waals surface area contributed by atoms with Gasteiger partial charge in [-0.15, -0.1) is 0 Å². The van der Waals surface area contributed by atoms with Gasteiger partial charge in [0.05, 0.1) is 5.57 Å². The van der Waals surface area contributed by atoms with Gasteiger partial charge in [-0.3, -0.25) is 0 Å². The van der Waals surface area contributed by atoms with Crippen LogP contribution in [0.5, 0.6) is 5.75 Å². The molecule has 33 heavy (non-hydrogen) atoms. The van der Waals surface area contributed by atoms with Crippen LogP contribution in [-0.2, 0) is 0 Å². The van der Waals surface area contributed by atoms with Crippen LogP contribution < -0.4 is 4.74 Å². The van der Waals surface area contributed by atoms with Gasteiger partial charge < -0.3 is 4.74 Å². The Balaban J connectivity index is 4.49. The number of hydrogen-bond acceptors (Lipinski definition) is 1. The molecule has 0 unspecified atom stereocenters.